The highest BCUT2D eigenvalue weighted by Crippen LogP contribution is 2.32. The summed E-state index contributed by atoms with van der Waals surface area (Å²) in [5.74, 6) is -0.0477. The van der Waals surface area contributed by atoms with E-state index in [0.29, 0.717) is 15.8 Å². The predicted octanol–water partition coefficient (Wildman–Crippen LogP) is 4.78. The van der Waals surface area contributed by atoms with Crippen molar-refractivity contribution in [2.24, 2.45) is 0 Å². The van der Waals surface area contributed by atoms with Gasteiger partial charge in [-0.25, -0.2) is 4.98 Å². The number of hydrogen-bond donors (Lipinski definition) is 0. The molecule has 0 aliphatic carbocycles. The number of rotatable bonds is 6. The van der Waals surface area contributed by atoms with Gasteiger partial charge in [0.2, 0.25) is 0 Å². The van der Waals surface area contributed by atoms with Gasteiger partial charge in [0.05, 0.1) is 19.4 Å². The van der Waals surface area contributed by atoms with Crippen LogP contribution in [0.4, 0.5) is 5.13 Å². The van der Waals surface area contributed by atoms with Crippen LogP contribution in [-0.4, -0.2) is 43.0 Å². The van der Waals surface area contributed by atoms with Crippen molar-refractivity contribution in [2.45, 2.75) is 13.3 Å². The van der Waals surface area contributed by atoms with E-state index in [0.717, 1.165) is 28.3 Å². The summed E-state index contributed by atoms with van der Waals surface area (Å²) in [5.41, 5.74) is 2.21. The highest BCUT2D eigenvalue weighted by atomic mass is 35.5. The zero-order chi connectivity index (χ0) is 18.0. The van der Waals surface area contributed by atoms with E-state index in [2.05, 4.69) is 24.0 Å². The molecule has 3 rings (SSSR count). The fourth-order valence-electron chi connectivity index (χ4n) is 2.44. The Hall–Kier alpha value is -1.47. The second-order valence-corrected chi connectivity index (χ2v) is 8.74. The van der Waals surface area contributed by atoms with Gasteiger partial charge in [-0.3, -0.25) is 9.69 Å². The van der Waals surface area contributed by atoms with Gasteiger partial charge in [0.25, 0.3) is 5.91 Å². The summed E-state index contributed by atoms with van der Waals surface area (Å²) in [6.07, 6.45) is 0.986. The number of aryl methyl sites for hydroxylation is 1. The maximum Gasteiger partial charge on any atom is 0.270 e. The average molecular weight is 394 g/mol. The lowest BCUT2D eigenvalue weighted by Gasteiger charge is -2.21. The van der Waals surface area contributed by atoms with Crippen molar-refractivity contribution in [1.29, 1.82) is 0 Å². The lowest BCUT2D eigenvalue weighted by Crippen LogP contribution is -2.36. The molecule has 0 aliphatic heterocycles. The van der Waals surface area contributed by atoms with Crippen molar-refractivity contribution in [2.75, 3.05) is 32.1 Å². The van der Waals surface area contributed by atoms with Gasteiger partial charge in [0.15, 0.2) is 5.13 Å². The van der Waals surface area contributed by atoms with Gasteiger partial charge < -0.3 is 4.90 Å². The van der Waals surface area contributed by atoms with Gasteiger partial charge in [-0.15, -0.1) is 11.3 Å². The minimum Gasteiger partial charge on any atom is -0.308 e. The SMILES string of the molecule is CCc1ccc2nc(N(CCN(C)C)C(=O)c3ccc(Cl)s3)sc2c1. The summed E-state index contributed by atoms with van der Waals surface area (Å²) in [5, 5.41) is 0.736. The largest absolute Gasteiger partial charge is 0.308 e. The summed E-state index contributed by atoms with van der Waals surface area (Å²) >= 11 is 8.87. The number of halogens is 1. The van der Waals surface area contributed by atoms with E-state index in [1.165, 1.54) is 16.9 Å². The molecule has 2 aromatic heterocycles. The first-order valence-electron chi connectivity index (χ1n) is 8.09. The molecule has 0 spiro atoms. The summed E-state index contributed by atoms with van der Waals surface area (Å²) < 4.78 is 1.73. The average Bonchev–Trinajstić information content (AvgIpc) is 3.19. The molecular weight excluding hydrogens is 374 g/mol. The van der Waals surface area contributed by atoms with E-state index in [1.807, 2.05) is 20.2 Å². The first-order chi connectivity index (χ1) is 12.0. The maximum atomic E-state index is 13.0. The smallest absolute Gasteiger partial charge is 0.270 e. The Labute approximate surface area is 160 Å². The Morgan fingerprint density at radius 2 is 1.96 bits per heavy atom. The van der Waals surface area contributed by atoms with Crippen molar-refractivity contribution < 1.29 is 4.79 Å². The number of carbonyl (C=O) groups excluding carboxylic acids is 1. The standard InChI is InChI=1S/C18H20ClN3OS2/c1-4-12-5-6-13-15(11-12)25-18(20-13)22(10-9-21(2)3)17(23)14-7-8-16(19)24-14/h5-8,11H,4,9-10H2,1-3H3. The molecule has 0 saturated carbocycles. The summed E-state index contributed by atoms with van der Waals surface area (Å²) in [6.45, 7) is 3.49. The highest BCUT2D eigenvalue weighted by Gasteiger charge is 2.22. The van der Waals surface area contributed by atoms with E-state index in [9.17, 15) is 4.79 Å². The molecule has 0 bridgehead atoms. The van der Waals surface area contributed by atoms with Crippen molar-refractivity contribution >= 4 is 55.5 Å². The van der Waals surface area contributed by atoms with Crippen molar-refractivity contribution in [3.8, 4) is 0 Å². The molecule has 3 aromatic rings. The summed E-state index contributed by atoms with van der Waals surface area (Å²) in [4.78, 5) is 22.2. The van der Waals surface area contributed by atoms with E-state index in [1.54, 1.807) is 28.4 Å². The Morgan fingerprint density at radius 3 is 2.60 bits per heavy atom. The number of fused-ring (bicyclic) bond motifs is 1. The third kappa shape index (κ3) is 4.20. The maximum absolute atomic E-state index is 13.0. The number of nitrogens with zero attached hydrogens (tertiary/aromatic N) is 3. The van der Waals surface area contributed by atoms with Crippen LogP contribution in [0.25, 0.3) is 10.2 Å². The molecule has 132 valence electrons. The molecule has 0 saturated heterocycles. The number of hydrogen-bond acceptors (Lipinski definition) is 5. The Morgan fingerprint density at radius 1 is 1.16 bits per heavy atom. The first-order valence-corrected chi connectivity index (χ1v) is 10.1. The Bertz CT molecular complexity index is 887. The van der Waals surface area contributed by atoms with Crippen LogP contribution in [0.15, 0.2) is 30.3 Å². The summed E-state index contributed by atoms with van der Waals surface area (Å²) in [7, 11) is 3.99. The number of aromatic nitrogens is 1. The number of anilines is 1. The number of thiazole rings is 1. The lowest BCUT2D eigenvalue weighted by atomic mass is 10.2. The molecule has 0 radical (unpaired) electrons. The zero-order valence-corrected chi connectivity index (χ0v) is 16.8. The quantitative estimate of drug-likeness (QED) is 0.604. The lowest BCUT2D eigenvalue weighted by molar-refractivity contribution is 0.0989. The van der Waals surface area contributed by atoms with Crippen molar-refractivity contribution in [3.63, 3.8) is 0 Å². The number of carbonyl (C=O) groups is 1. The molecule has 0 N–H and O–H groups in total. The molecular formula is C18H20ClN3OS2. The molecule has 25 heavy (non-hydrogen) atoms. The zero-order valence-electron chi connectivity index (χ0n) is 14.5. The minimum absolute atomic E-state index is 0.0477. The van der Waals surface area contributed by atoms with Crippen LogP contribution in [0.5, 0.6) is 0 Å². The molecule has 1 amide bonds. The third-order valence-electron chi connectivity index (χ3n) is 3.88. The van der Waals surface area contributed by atoms with Crippen LogP contribution in [0.1, 0.15) is 22.2 Å². The Kier molecular flexibility index (Phi) is 5.74. The monoisotopic (exact) mass is 393 g/mol. The fourth-order valence-corrected chi connectivity index (χ4v) is 4.48. The number of thiophene rings is 1. The van der Waals surface area contributed by atoms with Crippen LogP contribution in [0.2, 0.25) is 4.34 Å². The minimum atomic E-state index is -0.0477. The van der Waals surface area contributed by atoms with Crippen LogP contribution in [0.3, 0.4) is 0 Å². The second kappa shape index (κ2) is 7.83. The molecule has 4 nitrogen and oxygen atoms in total. The number of likely N-dealkylation sites (N-methyl/N-ethyl adjacent to an activating group) is 1. The van der Waals surface area contributed by atoms with Crippen molar-refractivity contribution in [1.82, 2.24) is 9.88 Å². The van der Waals surface area contributed by atoms with E-state index < -0.39 is 0 Å². The Balaban J connectivity index is 1.97. The van der Waals surface area contributed by atoms with E-state index >= 15 is 0 Å². The van der Waals surface area contributed by atoms with Crippen LogP contribution < -0.4 is 4.90 Å². The van der Waals surface area contributed by atoms with Gasteiger partial charge >= 0.3 is 0 Å². The number of amides is 1. The van der Waals surface area contributed by atoms with Gasteiger partial charge in [-0.05, 0) is 50.3 Å². The molecule has 0 fully saturated rings. The van der Waals surface area contributed by atoms with E-state index in [-0.39, 0.29) is 5.91 Å². The van der Waals surface area contributed by atoms with Crippen LogP contribution in [-0.2, 0) is 6.42 Å². The molecule has 0 unspecified atom stereocenters. The van der Waals surface area contributed by atoms with Crippen LogP contribution in [0, 0.1) is 0 Å². The molecule has 0 aliphatic rings. The number of benzene rings is 1. The molecule has 7 heteroatoms. The highest BCUT2D eigenvalue weighted by molar-refractivity contribution is 7.22. The third-order valence-corrected chi connectivity index (χ3v) is 6.14. The van der Waals surface area contributed by atoms with Gasteiger partial charge in [-0.2, -0.15) is 0 Å². The van der Waals surface area contributed by atoms with Gasteiger partial charge in [0.1, 0.15) is 0 Å². The van der Waals surface area contributed by atoms with Gasteiger partial charge in [0, 0.05) is 13.1 Å². The van der Waals surface area contributed by atoms with Crippen molar-refractivity contribution in [3.05, 3.63) is 45.1 Å². The van der Waals surface area contributed by atoms with E-state index in [4.69, 9.17) is 16.6 Å². The molecule has 2 heterocycles. The fraction of sp³-hybridized carbons (Fsp3) is 0.333. The normalized spacial score (nSPS) is 11.4. The predicted molar refractivity (Wildman–Crippen MR) is 109 cm³/mol. The second-order valence-electron chi connectivity index (χ2n) is 6.02. The summed E-state index contributed by atoms with van der Waals surface area (Å²) in [6, 6.07) is 9.82. The topological polar surface area (TPSA) is 36.4 Å². The first kappa shape index (κ1) is 18.3. The van der Waals surface area contributed by atoms with Gasteiger partial charge in [-0.1, -0.05) is 35.9 Å². The molecule has 0 atom stereocenters. The molecule has 1 aromatic carbocycles. The van der Waals surface area contributed by atoms with Crippen LogP contribution >= 0.6 is 34.3 Å².